The molecule has 2 aromatic carbocycles. The second-order valence-electron chi connectivity index (χ2n) is 5.89. The molecule has 0 unspecified atom stereocenters. The third kappa shape index (κ3) is 4.89. The highest BCUT2D eigenvalue weighted by Crippen LogP contribution is 2.26. The highest BCUT2D eigenvalue weighted by molar-refractivity contribution is 6.30. The Morgan fingerprint density at radius 2 is 1.75 bits per heavy atom. The van der Waals surface area contributed by atoms with Crippen LogP contribution in [0.5, 0.6) is 0 Å². The number of nitrogens with zero attached hydrogens (tertiary/aromatic N) is 2. The van der Waals surface area contributed by atoms with Gasteiger partial charge in [0.2, 0.25) is 0 Å². The number of carbonyl (C=O) groups is 1. The summed E-state index contributed by atoms with van der Waals surface area (Å²) in [4.78, 5) is 20.1. The average molecular weight is 398 g/mol. The summed E-state index contributed by atoms with van der Waals surface area (Å²) in [5, 5.41) is 7.01. The van der Waals surface area contributed by atoms with E-state index in [4.69, 9.17) is 22.1 Å². The van der Waals surface area contributed by atoms with Crippen LogP contribution in [-0.2, 0) is 11.3 Å². The van der Waals surface area contributed by atoms with Crippen LogP contribution in [-0.4, -0.2) is 22.5 Å². The Hall–Kier alpha value is -3.32. The van der Waals surface area contributed by atoms with Crippen LogP contribution < -0.4 is 16.4 Å². The van der Waals surface area contributed by atoms with E-state index in [1.807, 2.05) is 24.3 Å². The van der Waals surface area contributed by atoms with Crippen molar-refractivity contribution in [2.45, 2.75) is 13.5 Å². The molecule has 3 aromatic rings. The minimum absolute atomic E-state index is 0.335. The summed E-state index contributed by atoms with van der Waals surface area (Å²) in [5.41, 5.74) is 8.85. The Balaban J connectivity index is 1.68. The molecule has 0 saturated carbocycles. The van der Waals surface area contributed by atoms with Gasteiger partial charge in [0.15, 0.2) is 11.6 Å². The van der Waals surface area contributed by atoms with Gasteiger partial charge >= 0.3 is 5.97 Å². The fraction of sp³-hybridized carbons (Fsp3) is 0.150. The monoisotopic (exact) mass is 397 g/mol. The number of hydrogen-bond donors (Lipinski definition) is 3. The van der Waals surface area contributed by atoms with E-state index < -0.39 is 0 Å². The first-order chi connectivity index (χ1) is 13.6. The quantitative estimate of drug-likeness (QED) is 0.512. The predicted molar refractivity (Wildman–Crippen MR) is 111 cm³/mol. The van der Waals surface area contributed by atoms with Gasteiger partial charge in [-0.05, 0) is 48.9 Å². The highest BCUT2D eigenvalue weighted by atomic mass is 35.5. The van der Waals surface area contributed by atoms with E-state index in [-0.39, 0.29) is 5.97 Å². The van der Waals surface area contributed by atoms with E-state index in [0.717, 1.165) is 11.3 Å². The van der Waals surface area contributed by atoms with Crippen LogP contribution >= 0.6 is 11.6 Å². The van der Waals surface area contributed by atoms with Crippen molar-refractivity contribution in [1.82, 2.24) is 9.97 Å². The first kappa shape index (κ1) is 19.4. The number of benzene rings is 2. The summed E-state index contributed by atoms with van der Waals surface area (Å²) in [6, 6.07) is 14.4. The van der Waals surface area contributed by atoms with Crippen molar-refractivity contribution < 1.29 is 9.53 Å². The van der Waals surface area contributed by atoms with E-state index in [1.54, 1.807) is 31.2 Å². The van der Waals surface area contributed by atoms with Crippen LogP contribution in [0.3, 0.4) is 0 Å². The molecule has 0 aliphatic carbocycles. The van der Waals surface area contributed by atoms with E-state index in [9.17, 15) is 4.79 Å². The smallest absolute Gasteiger partial charge is 0.338 e. The van der Waals surface area contributed by atoms with Crippen molar-refractivity contribution in [3.8, 4) is 0 Å². The third-order valence-corrected chi connectivity index (χ3v) is 4.17. The van der Waals surface area contributed by atoms with Crippen LogP contribution in [0.15, 0.2) is 54.9 Å². The molecule has 0 spiro atoms. The number of nitrogen functional groups attached to an aromatic ring is 1. The molecule has 0 radical (unpaired) electrons. The molecule has 8 heteroatoms. The number of rotatable bonds is 7. The molecule has 0 aliphatic heterocycles. The van der Waals surface area contributed by atoms with Gasteiger partial charge in [0.25, 0.3) is 0 Å². The van der Waals surface area contributed by atoms with Crippen LogP contribution in [0, 0.1) is 0 Å². The summed E-state index contributed by atoms with van der Waals surface area (Å²) in [6.07, 6.45) is 1.43. The molecule has 0 atom stereocenters. The van der Waals surface area contributed by atoms with Crippen molar-refractivity contribution in [3.63, 3.8) is 0 Å². The van der Waals surface area contributed by atoms with Crippen LogP contribution in [0.25, 0.3) is 0 Å². The zero-order chi connectivity index (χ0) is 19.9. The van der Waals surface area contributed by atoms with Gasteiger partial charge in [0, 0.05) is 17.3 Å². The molecule has 0 fully saturated rings. The Morgan fingerprint density at radius 1 is 1.07 bits per heavy atom. The number of anilines is 4. The van der Waals surface area contributed by atoms with Gasteiger partial charge in [0.1, 0.15) is 12.0 Å². The number of hydrogen-bond acceptors (Lipinski definition) is 7. The zero-order valence-corrected chi connectivity index (χ0v) is 16.0. The van der Waals surface area contributed by atoms with Gasteiger partial charge in [-0.15, -0.1) is 0 Å². The predicted octanol–water partition coefficient (Wildman–Crippen LogP) is 4.24. The molecule has 0 amide bonds. The topological polar surface area (TPSA) is 102 Å². The van der Waals surface area contributed by atoms with Crippen LogP contribution in [0.1, 0.15) is 22.8 Å². The number of esters is 1. The number of nitrogens with one attached hydrogen (secondary N) is 2. The highest BCUT2D eigenvalue weighted by Gasteiger charge is 2.10. The van der Waals surface area contributed by atoms with E-state index in [2.05, 4.69) is 20.6 Å². The van der Waals surface area contributed by atoms with Crippen molar-refractivity contribution in [1.29, 1.82) is 0 Å². The number of carbonyl (C=O) groups excluding carboxylic acids is 1. The maximum atomic E-state index is 11.7. The van der Waals surface area contributed by atoms with E-state index >= 15 is 0 Å². The fourth-order valence-corrected chi connectivity index (χ4v) is 2.59. The van der Waals surface area contributed by atoms with Gasteiger partial charge in [-0.25, -0.2) is 14.8 Å². The largest absolute Gasteiger partial charge is 0.462 e. The number of aromatic nitrogens is 2. The SMILES string of the molecule is CCOC(=O)c1ccc(Nc2ncnc(NCc3ccc(Cl)cc3)c2N)cc1. The third-order valence-electron chi connectivity index (χ3n) is 3.92. The molecule has 3 rings (SSSR count). The van der Waals surface area contributed by atoms with Gasteiger partial charge in [-0.2, -0.15) is 0 Å². The Bertz CT molecular complexity index is 946. The van der Waals surface area contributed by atoms with Gasteiger partial charge in [-0.1, -0.05) is 23.7 Å². The van der Waals surface area contributed by atoms with Gasteiger partial charge in [-0.3, -0.25) is 0 Å². The van der Waals surface area contributed by atoms with Crippen molar-refractivity contribution in [2.75, 3.05) is 23.0 Å². The summed E-state index contributed by atoms with van der Waals surface area (Å²) in [7, 11) is 0. The zero-order valence-electron chi connectivity index (χ0n) is 15.3. The molecule has 0 aliphatic rings. The molecule has 7 nitrogen and oxygen atoms in total. The molecule has 144 valence electrons. The van der Waals surface area contributed by atoms with Crippen molar-refractivity contribution in [2.24, 2.45) is 0 Å². The number of halogens is 1. The Kier molecular flexibility index (Phi) is 6.29. The van der Waals surface area contributed by atoms with E-state index in [1.165, 1.54) is 6.33 Å². The molecule has 28 heavy (non-hydrogen) atoms. The molecule has 4 N–H and O–H groups in total. The van der Waals surface area contributed by atoms with Crippen molar-refractivity contribution >= 4 is 40.6 Å². The molecule has 1 heterocycles. The number of nitrogens with two attached hydrogens (primary N) is 1. The van der Waals surface area contributed by atoms with Gasteiger partial charge < -0.3 is 21.1 Å². The lowest BCUT2D eigenvalue weighted by molar-refractivity contribution is 0.0526. The minimum Gasteiger partial charge on any atom is -0.462 e. The lowest BCUT2D eigenvalue weighted by Crippen LogP contribution is -2.08. The second kappa shape index (κ2) is 9.05. The molecule has 0 saturated heterocycles. The second-order valence-corrected chi connectivity index (χ2v) is 6.32. The molecular weight excluding hydrogens is 378 g/mol. The first-order valence-electron chi connectivity index (χ1n) is 8.70. The lowest BCUT2D eigenvalue weighted by atomic mass is 10.2. The standard InChI is InChI=1S/C20H20ClN5O2/c1-2-28-20(27)14-5-9-16(10-6-14)26-19-17(22)18(24-12-25-19)23-11-13-3-7-15(21)8-4-13/h3-10,12H,2,11,22H2,1H3,(H2,23,24,25,26). The summed E-state index contributed by atoms with van der Waals surface area (Å²) >= 11 is 5.90. The first-order valence-corrected chi connectivity index (χ1v) is 9.07. The summed E-state index contributed by atoms with van der Waals surface area (Å²) < 4.78 is 4.98. The summed E-state index contributed by atoms with van der Waals surface area (Å²) in [5.74, 6) is 0.636. The molecule has 0 bridgehead atoms. The van der Waals surface area contributed by atoms with Crippen LogP contribution in [0.2, 0.25) is 5.02 Å². The lowest BCUT2D eigenvalue weighted by Gasteiger charge is -2.13. The maximum absolute atomic E-state index is 11.7. The van der Waals surface area contributed by atoms with Gasteiger partial charge in [0.05, 0.1) is 12.2 Å². The molecule has 1 aromatic heterocycles. The van der Waals surface area contributed by atoms with Crippen LogP contribution in [0.4, 0.5) is 23.0 Å². The maximum Gasteiger partial charge on any atom is 0.338 e. The van der Waals surface area contributed by atoms with Crippen molar-refractivity contribution in [3.05, 3.63) is 71.0 Å². The summed E-state index contributed by atoms with van der Waals surface area (Å²) in [6.45, 7) is 2.65. The molecular formula is C20H20ClN5O2. The normalized spacial score (nSPS) is 10.4. The fourth-order valence-electron chi connectivity index (χ4n) is 2.46. The Morgan fingerprint density at radius 3 is 2.43 bits per heavy atom. The van der Waals surface area contributed by atoms with E-state index in [0.29, 0.717) is 41.1 Å². The number of ether oxygens (including phenoxy) is 1. The minimum atomic E-state index is -0.357. The Labute approximate surface area is 167 Å². The average Bonchev–Trinajstić information content (AvgIpc) is 2.70.